The first kappa shape index (κ1) is 22.5. The lowest BCUT2D eigenvalue weighted by Crippen LogP contribution is -2.44. The van der Waals surface area contributed by atoms with Crippen LogP contribution in [0.25, 0.3) is 0 Å². The van der Waals surface area contributed by atoms with Crippen molar-refractivity contribution in [2.45, 2.75) is 70.3 Å². The van der Waals surface area contributed by atoms with Gasteiger partial charge in [0.15, 0.2) is 0 Å². The molecular formula is C28H38N2O3. The van der Waals surface area contributed by atoms with E-state index in [0.717, 1.165) is 75.2 Å². The van der Waals surface area contributed by atoms with Crippen LogP contribution in [0.5, 0.6) is 5.75 Å². The normalized spacial score (nSPS) is 27.6. The fourth-order valence-electron chi connectivity index (χ4n) is 6.40. The minimum atomic E-state index is -0.0213. The van der Waals surface area contributed by atoms with Crippen molar-refractivity contribution in [3.63, 3.8) is 0 Å². The average Bonchev–Trinajstić information content (AvgIpc) is 3.48. The van der Waals surface area contributed by atoms with Crippen LogP contribution in [0.3, 0.4) is 0 Å². The summed E-state index contributed by atoms with van der Waals surface area (Å²) in [5, 5.41) is 3.10. The molecule has 5 nitrogen and oxygen atoms in total. The van der Waals surface area contributed by atoms with E-state index in [1.807, 2.05) is 29.2 Å². The lowest BCUT2D eigenvalue weighted by Gasteiger charge is -2.35. The van der Waals surface area contributed by atoms with Crippen LogP contribution in [0.15, 0.2) is 36.4 Å². The molecule has 2 saturated carbocycles. The molecule has 1 saturated heterocycles. The van der Waals surface area contributed by atoms with Crippen molar-refractivity contribution in [1.82, 2.24) is 10.2 Å². The number of fused-ring (bicyclic) bond motifs is 2. The maximum atomic E-state index is 12.8. The number of nitrogens with one attached hydrogen (secondary N) is 1. The molecule has 3 unspecified atom stereocenters. The van der Waals surface area contributed by atoms with Gasteiger partial charge in [-0.3, -0.25) is 9.59 Å². The molecule has 2 amide bonds. The van der Waals surface area contributed by atoms with Crippen molar-refractivity contribution >= 4 is 11.8 Å². The van der Waals surface area contributed by atoms with Crippen LogP contribution < -0.4 is 10.1 Å². The summed E-state index contributed by atoms with van der Waals surface area (Å²) >= 11 is 0. The van der Waals surface area contributed by atoms with Gasteiger partial charge in [-0.1, -0.05) is 37.5 Å². The summed E-state index contributed by atoms with van der Waals surface area (Å²) in [7, 11) is 0. The van der Waals surface area contributed by atoms with Crippen molar-refractivity contribution < 1.29 is 14.3 Å². The van der Waals surface area contributed by atoms with Crippen LogP contribution >= 0.6 is 0 Å². The summed E-state index contributed by atoms with van der Waals surface area (Å²) in [6, 6.07) is 7.54. The molecule has 1 heterocycles. The fraction of sp³-hybridized carbons (Fsp3) is 0.643. The second kappa shape index (κ2) is 10.3. The van der Waals surface area contributed by atoms with Crippen LogP contribution in [0.1, 0.15) is 74.6 Å². The zero-order valence-corrected chi connectivity index (χ0v) is 19.7. The Labute approximate surface area is 197 Å². The SMILES string of the molecule is O=C(NCCC1CC2C=CC1C2)c1cccc(OC2CCN(C(=O)C3CCCCC3)CC2)c1. The van der Waals surface area contributed by atoms with Gasteiger partial charge in [0.2, 0.25) is 5.91 Å². The molecule has 1 aromatic carbocycles. The van der Waals surface area contributed by atoms with E-state index < -0.39 is 0 Å². The molecule has 5 rings (SSSR count). The van der Waals surface area contributed by atoms with Crippen molar-refractivity contribution in [3.05, 3.63) is 42.0 Å². The average molecular weight is 451 g/mol. The molecule has 5 heteroatoms. The molecule has 1 aliphatic heterocycles. The number of carbonyl (C=O) groups is 2. The molecule has 0 spiro atoms. The number of likely N-dealkylation sites (tertiary alicyclic amines) is 1. The van der Waals surface area contributed by atoms with E-state index in [4.69, 9.17) is 4.74 Å². The van der Waals surface area contributed by atoms with Crippen molar-refractivity contribution in [3.8, 4) is 5.75 Å². The summed E-state index contributed by atoms with van der Waals surface area (Å²) in [4.78, 5) is 27.5. The third-order valence-corrected chi connectivity index (χ3v) is 8.32. The van der Waals surface area contributed by atoms with E-state index in [1.165, 1.54) is 32.1 Å². The molecule has 0 radical (unpaired) electrons. The molecule has 2 bridgehead atoms. The van der Waals surface area contributed by atoms with Crippen LogP contribution in [0.4, 0.5) is 0 Å². The van der Waals surface area contributed by atoms with Gasteiger partial charge in [0.05, 0.1) is 0 Å². The third-order valence-electron chi connectivity index (χ3n) is 8.32. The smallest absolute Gasteiger partial charge is 0.251 e. The third kappa shape index (κ3) is 5.44. The Morgan fingerprint density at radius 3 is 2.55 bits per heavy atom. The Bertz CT molecular complexity index is 868. The molecule has 4 aliphatic rings. The summed E-state index contributed by atoms with van der Waals surface area (Å²) in [6.07, 6.45) is 16.0. The van der Waals surface area contributed by atoms with Gasteiger partial charge in [-0.2, -0.15) is 0 Å². The van der Waals surface area contributed by atoms with Crippen LogP contribution in [0.2, 0.25) is 0 Å². The molecule has 3 fully saturated rings. The molecular weight excluding hydrogens is 412 g/mol. The Kier molecular flexibility index (Phi) is 7.03. The molecule has 3 aliphatic carbocycles. The molecule has 3 atom stereocenters. The number of carbonyl (C=O) groups excluding carboxylic acids is 2. The standard InChI is InChI=1S/C28H38N2O3/c31-27(29-14-11-23-18-20-9-10-22(23)17-20)24-7-4-8-26(19-24)33-25-12-15-30(16-13-25)28(32)21-5-2-1-3-6-21/h4,7-10,19-23,25H,1-3,5-6,11-18H2,(H,29,31). The lowest BCUT2D eigenvalue weighted by molar-refractivity contribution is -0.138. The van der Waals surface area contributed by atoms with Crippen LogP contribution in [-0.2, 0) is 4.79 Å². The number of piperidine rings is 1. The Morgan fingerprint density at radius 1 is 1.00 bits per heavy atom. The quantitative estimate of drug-likeness (QED) is 0.597. The summed E-state index contributed by atoms with van der Waals surface area (Å²) in [5.74, 6) is 3.56. The highest BCUT2D eigenvalue weighted by atomic mass is 16.5. The highest BCUT2D eigenvalue weighted by Crippen LogP contribution is 2.44. The molecule has 178 valence electrons. The number of ether oxygens (including phenoxy) is 1. The van der Waals surface area contributed by atoms with Crippen LogP contribution in [0, 0.1) is 23.7 Å². The fourth-order valence-corrected chi connectivity index (χ4v) is 6.40. The first-order chi connectivity index (χ1) is 16.2. The molecule has 1 aromatic rings. The van der Waals surface area contributed by atoms with E-state index in [-0.39, 0.29) is 17.9 Å². The minimum Gasteiger partial charge on any atom is -0.490 e. The van der Waals surface area contributed by atoms with Gasteiger partial charge in [-0.25, -0.2) is 0 Å². The molecule has 0 aromatic heterocycles. The summed E-state index contributed by atoms with van der Waals surface area (Å²) in [6.45, 7) is 2.29. The van der Waals surface area contributed by atoms with Crippen LogP contribution in [-0.4, -0.2) is 42.5 Å². The van der Waals surface area contributed by atoms with E-state index >= 15 is 0 Å². The summed E-state index contributed by atoms with van der Waals surface area (Å²) in [5.41, 5.74) is 0.658. The van der Waals surface area contributed by atoms with Gasteiger partial charge < -0.3 is 15.0 Å². The van der Waals surface area contributed by atoms with E-state index in [2.05, 4.69) is 17.5 Å². The van der Waals surface area contributed by atoms with E-state index in [9.17, 15) is 9.59 Å². The first-order valence-corrected chi connectivity index (χ1v) is 13.2. The van der Waals surface area contributed by atoms with Gasteiger partial charge in [0, 0.05) is 44.0 Å². The number of amides is 2. The van der Waals surface area contributed by atoms with Crippen molar-refractivity contribution in [2.24, 2.45) is 23.7 Å². The number of rotatable bonds is 7. The van der Waals surface area contributed by atoms with Gasteiger partial charge in [0.1, 0.15) is 11.9 Å². The van der Waals surface area contributed by atoms with Crippen molar-refractivity contribution in [2.75, 3.05) is 19.6 Å². The highest BCUT2D eigenvalue weighted by molar-refractivity contribution is 5.94. The monoisotopic (exact) mass is 450 g/mol. The predicted molar refractivity (Wildman–Crippen MR) is 129 cm³/mol. The topological polar surface area (TPSA) is 58.6 Å². The largest absolute Gasteiger partial charge is 0.490 e. The number of nitrogens with zero attached hydrogens (tertiary/aromatic N) is 1. The van der Waals surface area contributed by atoms with Gasteiger partial charge in [-0.05, 0) is 68.1 Å². The molecule has 33 heavy (non-hydrogen) atoms. The zero-order chi connectivity index (χ0) is 22.6. The van der Waals surface area contributed by atoms with Gasteiger partial charge in [0.25, 0.3) is 5.91 Å². The van der Waals surface area contributed by atoms with E-state index in [1.54, 1.807) is 0 Å². The second-order valence-corrected chi connectivity index (χ2v) is 10.6. The first-order valence-electron chi connectivity index (χ1n) is 13.2. The number of hydrogen-bond acceptors (Lipinski definition) is 3. The predicted octanol–water partition coefficient (Wildman–Crippen LogP) is 4.97. The Balaban J connectivity index is 1.06. The number of hydrogen-bond donors (Lipinski definition) is 1. The maximum Gasteiger partial charge on any atom is 0.251 e. The lowest BCUT2D eigenvalue weighted by atomic mass is 9.88. The minimum absolute atomic E-state index is 0.0213. The van der Waals surface area contributed by atoms with Gasteiger partial charge in [-0.15, -0.1) is 0 Å². The maximum absolute atomic E-state index is 12.8. The second-order valence-electron chi connectivity index (χ2n) is 10.6. The Morgan fingerprint density at radius 2 is 1.82 bits per heavy atom. The van der Waals surface area contributed by atoms with Crippen molar-refractivity contribution in [1.29, 1.82) is 0 Å². The van der Waals surface area contributed by atoms with Gasteiger partial charge >= 0.3 is 0 Å². The highest BCUT2D eigenvalue weighted by Gasteiger charge is 2.35. The summed E-state index contributed by atoms with van der Waals surface area (Å²) < 4.78 is 6.21. The molecule has 1 N–H and O–H groups in total. The number of allylic oxidation sites excluding steroid dienone is 2. The Hall–Kier alpha value is -2.30. The zero-order valence-electron chi connectivity index (χ0n) is 19.7. The number of benzene rings is 1. The van der Waals surface area contributed by atoms with E-state index in [0.29, 0.717) is 11.5 Å².